The van der Waals surface area contributed by atoms with E-state index in [1.54, 1.807) is 6.92 Å². The maximum atomic E-state index is 12.7. The monoisotopic (exact) mass is 398 g/mol. The number of rotatable bonds is 3. The van der Waals surface area contributed by atoms with Gasteiger partial charge in [0.2, 0.25) is 0 Å². The number of aryl methyl sites for hydroxylation is 1. The molecule has 28 heavy (non-hydrogen) atoms. The number of aromatic nitrogens is 2. The van der Waals surface area contributed by atoms with E-state index < -0.39 is 21.4 Å². The van der Waals surface area contributed by atoms with Crippen LogP contribution in [0.4, 0.5) is 10.6 Å². The fourth-order valence-electron chi connectivity index (χ4n) is 3.64. The molecular weight excluding hydrogens is 376 g/mol. The van der Waals surface area contributed by atoms with Gasteiger partial charge >= 0.3 is 6.03 Å². The first-order valence-electron chi connectivity index (χ1n) is 9.09. The Balaban J connectivity index is 1.70. The van der Waals surface area contributed by atoms with Gasteiger partial charge < -0.3 is 5.32 Å². The fourth-order valence-corrected chi connectivity index (χ4v) is 5.74. The molecule has 1 saturated heterocycles. The SMILES string of the molecule is Cc1cccn2c(NC(=O)NC3(C)CCS(=O)(=O)C3)c(-c3ccccc3)nc12. The van der Waals surface area contributed by atoms with Crippen LogP contribution in [-0.4, -0.2) is 40.9 Å². The summed E-state index contributed by atoms with van der Waals surface area (Å²) in [6.45, 7) is 3.72. The predicted molar refractivity (Wildman–Crippen MR) is 109 cm³/mol. The summed E-state index contributed by atoms with van der Waals surface area (Å²) in [5.41, 5.74) is 2.52. The van der Waals surface area contributed by atoms with Crippen LogP contribution in [0.25, 0.3) is 16.9 Å². The maximum Gasteiger partial charge on any atom is 0.320 e. The molecule has 0 radical (unpaired) electrons. The second-order valence-corrected chi connectivity index (χ2v) is 9.73. The van der Waals surface area contributed by atoms with E-state index in [0.29, 0.717) is 17.9 Å². The third kappa shape index (κ3) is 3.47. The van der Waals surface area contributed by atoms with Crippen molar-refractivity contribution in [2.75, 3.05) is 16.8 Å². The summed E-state index contributed by atoms with van der Waals surface area (Å²) < 4.78 is 25.5. The molecule has 3 heterocycles. The lowest BCUT2D eigenvalue weighted by atomic mass is 10.0. The van der Waals surface area contributed by atoms with Crippen LogP contribution < -0.4 is 10.6 Å². The van der Waals surface area contributed by atoms with Gasteiger partial charge in [-0.3, -0.25) is 9.72 Å². The summed E-state index contributed by atoms with van der Waals surface area (Å²) in [4.78, 5) is 17.5. The van der Waals surface area contributed by atoms with Gasteiger partial charge in [-0.1, -0.05) is 36.4 Å². The van der Waals surface area contributed by atoms with Crippen LogP contribution in [0.15, 0.2) is 48.7 Å². The number of hydrogen-bond acceptors (Lipinski definition) is 4. The molecule has 2 N–H and O–H groups in total. The smallest absolute Gasteiger partial charge is 0.320 e. The van der Waals surface area contributed by atoms with Gasteiger partial charge in [0.05, 0.1) is 17.0 Å². The highest BCUT2D eigenvalue weighted by atomic mass is 32.2. The van der Waals surface area contributed by atoms with E-state index in [2.05, 4.69) is 10.6 Å². The van der Waals surface area contributed by atoms with E-state index >= 15 is 0 Å². The largest absolute Gasteiger partial charge is 0.332 e. The molecule has 7 nitrogen and oxygen atoms in total. The van der Waals surface area contributed by atoms with Crippen molar-refractivity contribution in [3.8, 4) is 11.3 Å². The number of fused-ring (bicyclic) bond motifs is 1. The van der Waals surface area contributed by atoms with Crippen LogP contribution in [-0.2, 0) is 9.84 Å². The number of carbonyl (C=O) groups is 1. The molecule has 2 aromatic heterocycles. The van der Waals surface area contributed by atoms with Gasteiger partial charge in [-0.25, -0.2) is 18.2 Å². The number of anilines is 1. The van der Waals surface area contributed by atoms with E-state index in [1.807, 2.05) is 60.0 Å². The van der Waals surface area contributed by atoms with Crippen LogP contribution in [0.3, 0.4) is 0 Å². The van der Waals surface area contributed by atoms with Gasteiger partial charge in [0.25, 0.3) is 0 Å². The normalized spacial score (nSPS) is 20.9. The van der Waals surface area contributed by atoms with Crippen molar-refractivity contribution in [1.82, 2.24) is 14.7 Å². The number of nitrogens with zero attached hydrogens (tertiary/aromatic N) is 2. The van der Waals surface area contributed by atoms with Crippen LogP contribution in [0.1, 0.15) is 18.9 Å². The molecule has 0 saturated carbocycles. The molecule has 2 amide bonds. The minimum absolute atomic E-state index is 0.0504. The van der Waals surface area contributed by atoms with E-state index in [0.717, 1.165) is 16.8 Å². The highest BCUT2D eigenvalue weighted by Crippen LogP contribution is 2.30. The van der Waals surface area contributed by atoms with Crippen molar-refractivity contribution in [3.05, 3.63) is 54.2 Å². The zero-order chi connectivity index (χ0) is 19.9. The number of sulfone groups is 1. The second-order valence-electron chi connectivity index (χ2n) is 7.54. The number of amides is 2. The molecule has 1 aliphatic rings. The first-order valence-corrected chi connectivity index (χ1v) is 10.9. The number of nitrogens with one attached hydrogen (secondary N) is 2. The number of pyridine rings is 1. The van der Waals surface area contributed by atoms with Crippen LogP contribution >= 0.6 is 0 Å². The van der Waals surface area contributed by atoms with Crippen LogP contribution in [0, 0.1) is 6.92 Å². The van der Waals surface area contributed by atoms with E-state index in [1.165, 1.54) is 0 Å². The van der Waals surface area contributed by atoms with Gasteiger partial charge in [0.15, 0.2) is 9.84 Å². The standard InChI is InChI=1S/C20H22N4O3S/c1-14-7-6-11-24-17(14)21-16(15-8-4-3-5-9-15)18(24)22-19(25)23-20(2)10-12-28(26,27)13-20/h3-9,11H,10,12-13H2,1-2H3,(H2,22,23,25). The van der Waals surface area contributed by atoms with Gasteiger partial charge in [0, 0.05) is 11.8 Å². The summed E-state index contributed by atoms with van der Waals surface area (Å²) in [6, 6.07) is 13.0. The Labute approximate surface area is 163 Å². The molecular formula is C20H22N4O3S. The summed E-state index contributed by atoms with van der Waals surface area (Å²) in [5.74, 6) is 0.589. The highest BCUT2D eigenvalue weighted by Gasteiger charge is 2.39. The number of hydrogen-bond donors (Lipinski definition) is 2. The Morgan fingerprint density at radius 2 is 1.93 bits per heavy atom. The Morgan fingerprint density at radius 1 is 1.18 bits per heavy atom. The molecule has 1 unspecified atom stereocenters. The average molecular weight is 398 g/mol. The maximum absolute atomic E-state index is 12.7. The third-order valence-electron chi connectivity index (χ3n) is 5.04. The minimum Gasteiger partial charge on any atom is -0.332 e. The predicted octanol–water partition coefficient (Wildman–Crippen LogP) is 3.01. The Hall–Kier alpha value is -2.87. The van der Waals surface area contributed by atoms with Crippen molar-refractivity contribution in [2.45, 2.75) is 25.8 Å². The van der Waals surface area contributed by atoms with E-state index in [9.17, 15) is 13.2 Å². The molecule has 1 atom stereocenters. The number of carbonyl (C=O) groups excluding carboxylic acids is 1. The topological polar surface area (TPSA) is 92.6 Å². The van der Waals surface area contributed by atoms with Gasteiger partial charge in [0.1, 0.15) is 17.2 Å². The summed E-state index contributed by atoms with van der Waals surface area (Å²) >= 11 is 0. The molecule has 0 spiro atoms. The highest BCUT2D eigenvalue weighted by molar-refractivity contribution is 7.91. The molecule has 1 aromatic carbocycles. The summed E-state index contributed by atoms with van der Waals surface area (Å²) in [7, 11) is -3.11. The van der Waals surface area contributed by atoms with Gasteiger partial charge in [-0.2, -0.15) is 0 Å². The Morgan fingerprint density at radius 3 is 2.61 bits per heavy atom. The molecule has 0 aliphatic carbocycles. The minimum atomic E-state index is -3.11. The molecule has 3 aromatic rings. The zero-order valence-electron chi connectivity index (χ0n) is 15.8. The lowest BCUT2D eigenvalue weighted by Crippen LogP contribution is -2.48. The summed E-state index contributed by atoms with van der Waals surface area (Å²) in [6.07, 6.45) is 2.25. The molecule has 4 rings (SSSR count). The second kappa shape index (κ2) is 6.63. The fraction of sp³-hybridized carbons (Fsp3) is 0.300. The molecule has 146 valence electrons. The van der Waals surface area contributed by atoms with Crippen molar-refractivity contribution in [1.29, 1.82) is 0 Å². The van der Waals surface area contributed by atoms with Crippen molar-refractivity contribution in [2.24, 2.45) is 0 Å². The number of urea groups is 1. The zero-order valence-corrected chi connectivity index (χ0v) is 16.6. The van der Waals surface area contributed by atoms with Crippen LogP contribution in [0.5, 0.6) is 0 Å². The number of imidazole rings is 1. The molecule has 1 aliphatic heterocycles. The van der Waals surface area contributed by atoms with Crippen molar-refractivity contribution >= 4 is 27.3 Å². The molecule has 8 heteroatoms. The molecule has 1 fully saturated rings. The lowest BCUT2D eigenvalue weighted by Gasteiger charge is -2.24. The quantitative estimate of drug-likeness (QED) is 0.709. The summed E-state index contributed by atoms with van der Waals surface area (Å²) in [5, 5.41) is 5.73. The van der Waals surface area contributed by atoms with Crippen molar-refractivity contribution in [3.63, 3.8) is 0 Å². The Kier molecular flexibility index (Phi) is 4.38. The van der Waals surface area contributed by atoms with Crippen LogP contribution in [0.2, 0.25) is 0 Å². The Bertz CT molecular complexity index is 1150. The number of benzene rings is 1. The van der Waals surface area contributed by atoms with Crippen molar-refractivity contribution < 1.29 is 13.2 Å². The average Bonchev–Trinajstić information content (AvgIpc) is 3.13. The molecule has 0 bridgehead atoms. The van der Waals surface area contributed by atoms with E-state index in [-0.39, 0.29) is 11.5 Å². The lowest BCUT2D eigenvalue weighted by molar-refractivity contribution is 0.242. The first-order chi connectivity index (χ1) is 13.3. The van der Waals surface area contributed by atoms with Gasteiger partial charge in [-0.05, 0) is 31.9 Å². The van der Waals surface area contributed by atoms with E-state index in [4.69, 9.17) is 4.98 Å². The first kappa shape index (κ1) is 18.5. The third-order valence-corrected chi connectivity index (χ3v) is 6.95. The van der Waals surface area contributed by atoms with Gasteiger partial charge in [-0.15, -0.1) is 0 Å².